The number of rotatable bonds is 6. The highest BCUT2D eigenvalue weighted by Gasteiger charge is 2.18. The number of benzene rings is 1. The van der Waals surface area contributed by atoms with Crippen LogP contribution in [0, 0.1) is 20.2 Å². The Kier molecular flexibility index (Phi) is 5.53. The molecule has 0 aliphatic heterocycles. The summed E-state index contributed by atoms with van der Waals surface area (Å²) in [5, 5.41) is 21.4. The summed E-state index contributed by atoms with van der Waals surface area (Å²) in [6, 6.07) is 3.24. The molecule has 0 spiro atoms. The number of aliphatic imine (C=N–C) groups is 1. The SMILES string of the molecule is NN/C=C/C=C/C=Nc1ccc([N+](=O)[O-])cc1[N+](=O)[O-]. The molecule has 1 aromatic rings. The molecule has 0 aliphatic carbocycles. The van der Waals surface area contributed by atoms with E-state index in [1.54, 1.807) is 12.2 Å². The van der Waals surface area contributed by atoms with E-state index in [4.69, 9.17) is 5.84 Å². The number of nitro groups is 2. The van der Waals surface area contributed by atoms with Crippen LogP contribution in [0.2, 0.25) is 0 Å². The number of allylic oxidation sites excluding steroid dienone is 3. The highest BCUT2D eigenvalue weighted by atomic mass is 16.6. The lowest BCUT2D eigenvalue weighted by Crippen LogP contribution is -2.12. The number of hydrazine groups is 1. The van der Waals surface area contributed by atoms with Crippen molar-refractivity contribution in [2.24, 2.45) is 10.8 Å². The quantitative estimate of drug-likeness (QED) is 0.267. The second-order valence-corrected chi connectivity index (χ2v) is 3.38. The molecular formula is C11H11N5O4. The van der Waals surface area contributed by atoms with Gasteiger partial charge in [0.15, 0.2) is 0 Å². The van der Waals surface area contributed by atoms with Crippen molar-refractivity contribution in [3.05, 3.63) is 62.9 Å². The van der Waals surface area contributed by atoms with Gasteiger partial charge in [-0.3, -0.25) is 26.1 Å². The van der Waals surface area contributed by atoms with Gasteiger partial charge in [-0.25, -0.2) is 4.99 Å². The van der Waals surface area contributed by atoms with Crippen LogP contribution >= 0.6 is 0 Å². The maximum Gasteiger partial charge on any atom is 0.301 e. The minimum Gasteiger partial charge on any atom is -0.331 e. The summed E-state index contributed by atoms with van der Waals surface area (Å²) in [7, 11) is 0. The Hall–Kier alpha value is -3.07. The van der Waals surface area contributed by atoms with Crippen LogP contribution in [-0.4, -0.2) is 16.1 Å². The normalized spacial score (nSPS) is 11.4. The van der Waals surface area contributed by atoms with Crippen LogP contribution in [0.5, 0.6) is 0 Å². The van der Waals surface area contributed by atoms with Crippen molar-refractivity contribution in [1.29, 1.82) is 0 Å². The average Bonchev–Trinajstić information content (AvgIpc) is 2.42. The Labute approximate surface area is 113 Å². The van der Waals surface area contributed by atoms with Crippen molar-refractivity contribution in [3.8, 4) is 0 Å². The lowest BCUT2D eigenvalue weighted by Gasteiger charge is -1.96. The molecule has 0 aromatic heterocycles. The summed E-state index contributed by atoms with van der Waals surface area (Å²) in [5.74, 6) is 4.99. The summed E-state index contributed by atoms with van der Waals surface area (Å²) in [4.78, 5) is 23.8. The van der Waals surface area contributed by atoms with Gasteiger partial charge in [-0.2, -0.15) is 0 Å². The number of nitrogens with zero attached hydrogens (tertiary/aromatic N) is 3. The van der Waals surface area contributed by atoms with Gasteiger partial charge in [0.25, 0.3) is 5.69 Å². The van der Waals surface area contributed by atoms with Gasteiger partial charge in [0.05, 0.1) is 15.9 Å². The second-order valence-electron chi connectivity index (χ2n) is 3.38. The first-order valence-electron chi connectivity index (χ1n) is 5.31. The largest absolute Gasteiger partial charge is 0.331 e. The second kappa shape index (κ2) is 7.38. The number of nitrogens with two attached hydrogens (primary N) is 1. The average molecular weight is 277 g/mol. The fourth-order valence-corrected chi connectivity index (χ4v) is 1.23. The predicted molar refractivity (Wildman–Crippen MR) is 73.5 cm³/mol. The first-order chi connectivity index (χ1) is 9.56. The monoisotopic (exact) mass is 277 g/mol. The smallest absolute Gasteiger partial charge is 0.301 e. The molecule has 3 N–H and O–H groups in total. The minimum atomic E-state index is -0.721. The molecule has 0 atom stereocenters. The van der Waals surface area contributed by atoms with E-state index in [1.807, 2.05) is 0 Å². The molecule has 0 bridgehead atoms. The van der Waals surface area contributed by atoms with Crippen LogP contribution in [0.15, 0.2) is 47.6 Å². The summed E-state index contributed by atoms with van der Waals surface area (Å²) < 4.78 is 0. The van der Waals surface area contributed by atoms with E-state index in [9.17, 15) is 20.2 Å². The van der Waals surface area contributed by atoms with Gasteiger partial charge in [0.2, 0.25) is 0 Å². The third-order valence-electron chi connectivity index (χ3n) is 2.08. The highest BCUT2D eigenvalue weighted by molar-refractivity contribution is 5.77. The molecule has 1 rings (SSSR count). The molecule has 0 fully saturated rings. The van der Waals surface area contributed by atoms with E-state index in [0.717, 1.165) is 12.1 Å². The molecular weight excluding hydrogens is 266 g/mol. The van der Waals surface area contributed by atoms with Gasteiger partial charge in [-0.05, 0) is 18.2 Å². The fourth-order valence-electron chi connectivity index (χ4n) is 1.23. The van der Waals surface area contributed by atoms with Gasteiger partial charge in [0.1, 0.15) is 5.69 Å². The zero-order valence-electron chi connectivity index (χ0n) is 10.2. The Morgan fingerprint density at radius 3 is 2.50 bits per heavy atom. The molecule has 0 amide bonds. The minimum absolute atomic E-state index is 0.0335. The zero-order valence-corrected chi connectivity index (χ0v) is 10.2. The maximum absolute atomic E-state index is 10.8. The molecule has 20 heavy (non-hydrogen) atoms. The number of hydrogen-bond acceptors (Lipinski definition) is 7. The van der Waals surface area contributed by atoms with Crippen LogP contribution < -0.4 is 11.3 Å². The molecule has 0 unspecified atom stereocenters. The van der Waals surface area contributed by atoms with Crippen LogP contribution in [-0.2, 0) is 0 Å². The number of nitro benzene ring substituents is 2. The predicted octanol–water partition coefficient (Wildman–Crippen LogP) is 1.74. The van der Waals surface area contributed by atoms with Crippen LogP contribution in [0.1, 0.15) is 0 Å². The van der Waals surface area contributed by atoms with E-state index < -0.39 is 15.5 Å². The summed E-state index contributed by atoms with van der Waals surface area (Å²) in [6.07, 6.45) is 7.52. The first kappa shape index (κ1) is 15.0. The van der Waals surface area contributed by atoms with E-state index in [0.29, 0.717) is 0 Å². The lowest BCUT2D eigenvalue weighted by molar-refractivity contribution is -0.393. The van der Waals surface area contributed by atoms with Crippen LogP contribution in [0.25, 0.3) is 0 Å². The summed E-state index contributed by atoms with van der Waals surface area (Å²) in [6.45, 7) is 0. The number of hydrogen-bond donors (Lipinski definition) is 2. The summed E-state index contributed by atoms with van der Waals surface area (Å²) >= 11 is 0. The highest BCUT2D eigenvalue weighted by Crippen LogP contribution is 2.30. The zero-order chi connectivity index (χ0) is 15.0. The third kappa shape index (κ3) is 4.31. The van der Waals surface area contributed by atoms with E-state index in [2.05, 4.69) is 10.4 Å². The third-order valence-corrected chi connectivity index (χ3v) is 2.08. The molecule has 0 heterocycles. The lowest BCUT2D eigenvalue weighted by atomic mass is 10.2. The molecule has 0 radical (unpaired) electrons. The van der Waals surface area contributed by atoms with Crippen molar-refractivity contribution >= 4 is 23.3 Å². The molecule has 0 saturated heterocycles. The molecule has 1 aromatic carbocycles. The Morgan fingerprint density at radius 1 is 1.15 bits per heavy atom. The molecule has 9 heteroatoms. The van der Waals surface area contributed by atoms with Gasteiger partial charge < -0.3 is 5.43 Å². The van der Waals surface area contributed by atoms with Crippen molar-refractivity contribution in [1.82, 2.24) is 5.43 Å². The van der Waals surface area contributed by atoms with Gasteiger partial charge >= 0.3 is 5.69 Å². The number of nitrogens with one attached hydrogen (secondary N) is 1. The van der Waals surface area contributed by atoms with Crippen molar-refractivity contribution in [2.45, 2.75) is 0 Å². The van der Waals surface area contributed by atoms with Crippen molar-refractivity contribution < 1.29 is 9.85 Å². The van der Waals surface area contributed by atoms with Crippen molar-refractivity contribution in [2.75, 3.05) is 0 Å². The Morgan fingerprint density at radius 2 is 1.90 bits per heavy atom. The standard InChI is InChI=1S/C11H11N5O4/c12-14-7-3-1-2-6-13-10-5-4-9(15(17)18)8-11(10)16(19)20/h1-8,14H,12H2/b2-1+,7-3+,13-6?. The van der Waals surface area contributed by atoms with Crippen LogP contribution in [0.4, 0.5) is 17.1 Å². The van der Waals surface area contributed by atoms with Gasteiger partial charge in [-0.1, -0.05) is 6.08 Å². The van der Waals surface area contributed by atoms with E-state index >= 15 is 0 Å². The Balaban J connectivity index is 2.97. The Bertz CT molecular complexity index is 594. The van der Waals surface area contributed by atoms with Crippen LogP contribution in [0.3, 0.4) is 0 Å². The topological polar surface area (TPSA) is 137 Å². The van der Waals surface area contributed by atoms with E-state index in [-0.39, 0.29) is 11.4 Å². The number of non-ortho nitro benzene ring substituents is 1. The first-order valence-corrected chi connectivity index (χ1v) is 5.31. The fraction of sp³-hybridized carbons (Fsp3) is 0. The van der Waals surface area contributed by atoms with E-state index in [1.165, 1.54) is 24.6 Å². The molecule has 9 nitrogen and oxygen atoms in total. The molecule has 0 saturated carbocycles. The van der Waals surface area contributed by atoms with Gasteiger partial charge in [0, 0.05) is 18.5 Å². The molecule has 104 valence electrons. The van der Waals surface area contributed by atoms with Crippen molar-refractivity contribution in [3.63, 3.8) is 0 Å². The summed E-state index contributed by atoms with van der Waals surface area (Å²) in [5.41, 5.74) is 1.54. The van der Waals surface area contributed by atoms with Gasteiger partial charge in [-0.15, -0.1) is 0 Å². The maximum atomic E-state index is 10.8. The molecule has 0 aliphatic rings.